The topological polar surface area (TPSA) is 66.5 Å². The van der Waals surface area contributed by atoms with E-state index in [9.17, 15) is 26.4 Å². The minimum Gasteiger partial charge on any atom is -0.312 e. The van der Waals surface area contributed by atoms with Gasteiger partial charge in [-0.3, -0.25) is 4.79 Å². The number of nitrogens with zero attached hydrogens (tertiary/aromatic N) is 1. The van der Waals surface area contributed by atoms with Crippen LogP contribution in [-0.2, 0) is 27.4 Å². The lowest BCUT2D eigenvalue weighted by Crippen LogP contribution is -2.29. The van der Waals surface area contributed by atoms with Gasteiger partial charge in [0.25, 0.3) is 0 Å². The Hall–Kier alpha value is -2.39. The van der Waals surface area contributed by atoms with Crippen molar-refractivity contribution in [1.82, 2.24) is 4.72 Å². The number of benzene rings is 2. The quantitative estimate of drug-likeness (QED) is 0.793. The fraction of sp³-hybridized carbons (Fsp3) is 0.350. The highest BCUT2D eigenvalue weighted by molar-refractivity contribution is 7.89. The maximum absolute atomic E-state index is 12.8. The van der Waals surface area contributed by atoms with Gasteiger partial charge < -0.3 is 4.90 Å². The van der Waals surface area contributed by atoms with E-state index in [4.69, 9.17) is 0 Å². The van der Waals surface area contributed by atoms with E-state index in [1.807, 2.05) is 0 Å². The average Bonchev–Trinajstić information content (AvgIpc) is 3.10. The van der Waals surface area contributed by atoms with Crippen molar-refractivity contribution in [3.05, 3.63) is 59.2 Å². The van der Waals surface area contributed by atoms with Crippen LogP contribution in [0.15, 0.2) is 47.4 Å². The monoisotopic (exact) mass is 426 g/mol. The molecule has 5 nitrogen and oxygen atoms in total. The summed E-state index contributed by atoms with van der Waals surface area (Å²) in [5, 5.41) is 0. The predicted octanol–water partition coefficient (Wildman–Crippen LogP) is 3.70. The summed E-state index contributed by atoms with van der Waals surface area (Å²) in [6, 6.07) is 9.47. The molecule has 0 spiro atoms. The molecule has 2 aromatic carbocycles. The number of hydrogen-bond acceptors (Lipinski definition) is 3. The van der Waals surface area contributed by atoms with Crippen LogP contribution < -0.4 is 9.62 Å². The summed E-state index contributed by atoms with van der Waals surface area (Å²) in [6.07, 6.45) is -3.71. The second kappa shape index (κ2) is 7.79. The molecular formula is C20H21F3N2O3S. The summed E-state index contributed by atoms with van der Waals surface area (Å²) < 4.78 is 64.2. The van der Waals surface area contributed by atoms with Gasteiger partial charge in [-0.25, -0.2) is 13.1 Å². The molecule has 1 aliphatic heterocycles. The molecule has 1 amide bonds. The van der Waals surface area contributed by atoms with Crippen molar-refractivity contribution < 1.29 is 26.4 Å². The third-order valence-corrected chi connectivity index (χ3v) is 6.53. The minimum atomic E-state index is -4.39. The lowest BCUT2D eigenvalue weighted by Gasteiger charge is -2.20. The molecule has 0 aromatic heterocycles. The van der Waals surface area contributed by atoms with Crippen LogP contribution in [0.25, 0.3) is 0 Å². The molecule has 0 saturated heterocycles. The first-order chi connectivity index (χ1) is 13.5. The Kier molecular flexibility index (Phi) is 5.73. The van der Waals surface area contributed by atoms with Crippen molar-refractivity contribution in [3.8, 4) is 0 Å². The van der Waals surface area contributed by atoms with Crippen molar-refractivity contribution in [2.75, 3.05) is 18.5 Å². The van der Waals surface area contributed by atoms with E-state index in [-0.39, 0.29) is 23.1 Å². The molecular weight excluding hydrogens is 405 g/mol. The Labute approximate surface area is 167 Å². The van der Waals surface area contributed by atoms with Gasteiger partial charge in [0.05, 0.1) is 10.5 Å². The van der Waals surface area contributed by atoms with Crippen molar-refractivity contribution in [2.24, 2.45) is 0 Å². The molecule has 0 aliphatic carbocycles. The molecule has 1 N–H and O–H groups in total. The number of carbonyl (C=O) groups excluding carboxylic acids is 1. The maximum Gasteiger partial charge on any atom is 0.416 e. The van der Waals surface area contributed by atoms with Gasteiger partial charge in [-0.15, -0.1) is 0 Å². The number of nitrogens with one attached hydrogen (secondary N) is 1. The Morgan fingerprint density at radius 1 is 1.17 bits per heavy atom. The van der Waals surface area contributed by atoms with E-state index in [1.54, 1.807) is 24.0 Å². The highest BCUT2D eigenvalue weighted by atomic mass is 32.2. The van der Waals surface area contributed by atoms with Gasteiger partial charge in [0.1, 0.15) is 0 Å². The smallest absolute Gasteiger partial charge is 0.312 e. The number of alkyl halides is 3. The van der Waals surface area contributed by atoms with Gasteiger partial charge in [-0.2, -0.15) is 13.2 Å². The minimum absolute atomic E-state index is 0.140. The largest absolute Gasteiger partial charge is 0.416 e. The van der Waals surface area contributed by atoms with Crippen molar-refractivity contribution in [2.45, 2.75) is 36.8 Å². The van der Waals surface area contributed by atoms with E-state index in [0.29, 0.717) is 24.2 Å². The van der Waals surface area contributed by atoms with Crippen LogP contribution in [0, 0.1) is 0 Å². The molecule has 29 heavy (non-hydrogen) atoms. The van der Waals surface area contributed by atoms with Crippen molar-refractivity contribution in [3.63, 3.8) is 0 Å². The average molecular weight is 426 g/mol. The van der Waals surface area contributed by atoms with Crippen molar-refractivity contribution in [1.29, 1.82) is 0 Å². The summed E-state index contributed by atoms with van der Waals surface area (Å²) in [7, 11) is -2.23. The Balaban J connectivity index is 1.73. The van der Waals surface area contributed by atoms with E-state index in [2.05, 4.69) is 4.72 Å². The molecule has 0 radical (unpaired) electrons. The van der Waals surface area contributed by atoms with E-state index < -0.39 is 21.8 Å². The summed E-state index contributed by atoms with van der Waals surface area (Å²) >= 11 is 0. The standard InChI is InChI=1S/C20H21F3N2O3S/c1-13(14-3-5-16(6-4-14)20(21,22)23)11-19(26)25-10-9-15-12-17(7-8-18(15)25)29(27,28)24-2/h3-8,12-13,24H,9-11H2,1-2H3. The number of hydrogen-bond donors (Lipinski definition) is 1. The van der Waals surface area contributed by atoms with Gasteiger partial charge in [0, 0.05) is 18.7 Å². The first kappa shape index (κ1) is 21.3. The predicted molar refractivity (Wildman–Crippen MR) is 103 cm³/mol. The van der Waals surface area contributed by atoms with Crippen LogP contribution >= 0.6 is 0 Å². The van der Waals surface area contributed by atoms with Gasteiger partial charge in [-0.1, -0.05) is 19.1 Å². The first-order valence-corrected chi connectivity index (χ1v) is 10.6. The van der Waals surface area contributed by atoms with Gasteiger partial charge >= 0.3 is 6.18 Å². The fourth-order valence-electron chi connectivity index (χ4n) is 3.41. The third kappa shape index (κ3) is 4.45. The molecule has 156 valence electrons. The lowest BCUT2D eigenvalue weighted by atomic mass is 9.96. The summed E-state index contributed by atoms with van der Waals surface area (Å²) in [5.41, 5.74) is 1.38. The zero-order valence-corrected chi connectivity index (χ0v) is 16.8. The molecule has 1 aliphatic rings. The molecule has 3 rings (SSSR count). The number of anilines is 1. The Bertz CT molecular complexity index is 1020. The second-order valence-corrected chi connectivity index (χ2v) is 8.90. The molecule has 0 bridgehead atoms. The molecule has 0 saturated carbocycles. The Morgan fingerprint density at radius 2 is 1.83 bits per heavy atom. The van der Waals surface area contributed by atoms with Crippen LogP contribution in [0.3, 0.4) is 0 Å². The Morgan fingerprint density at radius 3 is 2.41 bits per heavy atom. The number of halogens is 3. The van der Waals surface area contributed by atoms with Crippen LogP contribution in [0.1, 0.15) is 36.0 Å². The number of amides is 1. The third-order valence-electron chi connectivity index (χ3n) is 5.11. The van der Waals surface area contributed by atoms with E-state index >= 15 is 0 Å². The highest BCUT2D eigenvalue weighted by Gasteiger charge is 2.31. The lowest BCUT2D eigenvalue weighted by molar-refractivity contribution is -0.137. The number of sulfonamides is 1. The second-order valence-electron chi connectivity index (χ2n) is 7.02. The van der Waals surface area contributed by atoms with Gasteiger partial charge in [0.2, 0.25) is 15.9 Å². The van der Waals surface area contributed by atoms with Crippen LogP contribution in [0.5, 0.6) is 0 Å². The summed E-state index contributed by atoms with van der Waals surface area (Å²) in [6.45, 7) is 2.23. The van der Waals surface area contributed by atoms with Gasteiger partial charge in [-0.05, 0) is 60.8 Å². The molecule has 1 unspecified atom stereocenters. The molecule has 0 fully saturated rings. The zero-order chi connectivity index (χ0) is 21.4. The normalized spacial score (nSPS) is 15.3. The molecule has 1 atom stereocenters. The van der Waals surface area contributed by atoms with Crippen LogP contribution in [-0.4, -0.2) is 27.9 Å². The molecule has 9 heteroatoms. The number of rotatable bonds is 5. The summed E-state index contributed by atoms with van der Waals surface area (Å²) in [5.74, 6) is -0.404. The zero-order valence-electron chi connectivity index (χ0n) is 16.0. The summed E-state index contributed by atoms with van der Waals surface area (Å²) in [4.78, 5) is 14.5. The van der Waals surface area contributed by atoms with Crippen molar-refractivity contribution >= 4 is 21.6 Å². The highest BCUT2D eigenvalue weighted by Crippen LogP contribution is 2.33. The maximum atomic E-state index is 12.8. The first-order valence-electron chi connectivity index (χ1n) is 9.07. The van der Waals surface area contributed by atoms with E-state index in [0.717, 1.165) is 17.7 Å². The van der Waals surface area contributed by atoms with Crippen LogP contribution in [0.4, 0.5) is 18.9 Å². The number of carbonyl (C=O) groups is 1. The van der Waals surface area contributed by atoms with Gasteiger partial charge in [0.15, 0.2) is 0 Å². The van der Waals surface area contributed by atoms with Crippen LogP contribution in [0.2, 0.25) is 0 Å². The van der Waals surface area contributed by atoms with E-state index in [1.165, 1.54) is 25.2 Å². The molecule has 2 aromatic rings. The number of fused-ring (bicyclic) bond motifs is 1. The fourth-order valence-corrected chi connectivity index (χ4v) is 4.19. The molecule has 1 heterocycles. The SMILES string of the molecule is CNS(=O)(=O)c1ccc2c(c1)CCN2C(=O)CC(C)c1ccc(C(F)(F)F)cc1.